The minimum absolute atomic E-state index is 0.168. The van der Waals surface area contributed by atoms with E-state index < -0.39 is 0 Å². The lowest BCUT2D eigenvalue weighted by Gasteiger charge is -2.25. The van der Waals surface area contributed by atoms with Gasteiger partial charge in [0.15, 0.2) is 0 Å². The van der Waals surface area contributed by atoms with E-state index in [1.807, 2.05) is 0 Å². The molecule has 0 aromatic heterocycles. The van der Waals surface area contributed by atoms with E-state index in [2.05, 4.69) is 34.4 Å². The van der Waals surface area contributed by atoms with Crippen molar-refractivity contribution in [1.82, 2.24) is 4.90 Å². The molecule has 1 unspecified atom stereocenters. The van der Waals surface area contributed by atoms with Crippen molar-refractivity contribution in [3.8, 4) is 0 Å². The largest absolute Gasteiger partial charge is 0.395 e. The van der Waals surface area contributed by atoms with E-state index in [4.69, 9.17) is 10.2 Å². The Labute approximate surface area is 81.5 Å². The molecule has 0 amide bonds. The molecule has 0 aromatic carbocycles. The Morgan fingerprint density at radius 1 is 1.27 bits per heavy atom. The summed E-state index contributed by atoms with van der Waals surface area (Å²) in [7, 11) is 0. The molecule has 3 nitrogen and oxygen atoms in total. The number of alkyl halides is 1. The fourth-order valence-corrected chi connectivity index (χ4v) is 1.46. The molecule has 0 fully saturated rings. The number of aliphatic hydroxyl groups excluding tert-OH is 2. The average molecular weight is 273 g/mol. The van der Waals surface area contributed by atoms with Crippen LogP contribution in [-0.2, 0) is 0 Å². The maximum Gasteiger partial charge on any atom is 0.0558 e. The van der Waals surface area contributed by atoms with Crippen LogP contribution in [0.25, 0.3) is 0 Å². The van der Waals surface area contributed by atoms with Gasteiger partial charge in [0.2, 0.25) is 0 Å². The first-order valence-corrected chi connectivity index (χ1v) is 5.30. The Morgan fingerprint density at radius 3 is 2.00 bits per heavy atom. The number of aliphatic hydroxyl groups is 2. The predicted molar refractivity (Wildman–Crippen MR) is 54.1 cm³/mol. The molecule has 4 heteroatoms. The number of hydrogen-bond donors (Lipinski definition) is 2. The third-order valence-electron chi connectivity index (χ3n) is 1.62. The zero-order valence-electron chi connectivity index (χ0n) is 6.83. The van der Waals surface area contributed by atoms with Crippen molar-refractivity contribution < 1.29 is 10.2 Å². The maximum absolute atomic E-state index is 8.68. The SMILES string of the molecule is CC(CI)N(CCO)CCO. The van der Waals surface area contributed by atoms with Gasteiger partial charge in [-0.05, 0) is 6.92 Å². The highest BCUT2D eigenvalue weighted by molar-refractivity contribution is 14.1. The van der Waals surface area contributed by atoms with E-state index in [9.17, 15) is 0 Å². The fraction of sp³-hybridized carbons (Fsp3) is 1.00. The van der Waals surface area contributed by atoms with Crippen molar-refractivity contribution in [2.24, 2.45) is 0 Å². The lowest BCUT2D eigenvalue weighted by molar-refractivity contribution is 0.138. The van der Waals surface area contributed by atoms with Gasteiger partial charge >= 0.3 is 0 Å². The van der Waals surface area contributed by atoms with Crippen molar-refractivity contribution in [3.63, 3.8) is 0 Å². The van der Waals surface area contributed by atoms with Gasteiger partial charge in [0.05, 0.1) is 13.2 Å². The monoisotopic (exact) mass is 273 g/mol. The third-order valence-corrected chi connectivity index (χ3v) is 2.90. The van der Waals surface area contributed by atoms with Crippen molar-refractivity contribution >= 4 is 22.6 Å². The quantitative estimate of drug-likeness (QED) is 0.533. The molecule has 0 rings (SSSR count). The molecule has 0 aliphatic heterocycles. The Bertz CT molecular complexity index is 86.5. The van der Waals surface area contributed by atoms with Gasteiger partial charge < -0.3 is 10.2 Å². The van der Waals surface area contributed by atoms with Crippen LogP contribution in [0.2, 0.25) is 0 Å². The molecule has 0 saturated heterocycles. The molecule has 0 aromatic rings. The van der Waals surface area contributed by atoms with Crippen molar-refractivity contribution in [1.29, 1.82) is 0 Å². The van der Waals surface area contributed by atoms with Crippen LogP contribution in [0.5, 0.6) is 0 Å². The normalized spacial score (nSPS) is 13.9. The number of rotatable bonds is 6. The van der Waals surface area contributed by atoms with Gasteiger partial charge in [-0.3, -0.25) is 4.90 Å². The van der Waals surface area contributed by atoms with E-state index in [-0.39, 0.29) is 13.2 Å². The first-order valence-electron chi connectivity index (χ1n) is 3.78. The summed E-state index contributed by atoms with van der Waals surface area (Å²) in [6.45, 7) is 3.75. The Balaban J connectivity index is 3.66. The molecule has 0 aliphatic rings. The van der Waals surface area contributed by atoms with E-state index in [0.717, 1.165) is 4.43 Å². The summed E-state index contributed by atoms with van der Waals surface area (Å²) in [5.41, 5.74) is 0. The summed E-state index contributed by atoms with van der Waals surface area (Å²) in [5.74, 6) is 0. The van der Waals surface area contributed by atoms with Gasteiger partial charge in [0.1, 0.15) is 0 Å². The molecular weight excluding hydrogens is 257 g/mol. The summed E-state index contributed by atoms with van der Waals surface area (Å²) in [6.07, 6.45) is 0. The summed E-state index contributed by atoms with van der Waals surface area (Å²) in [5, 5.41) is 17.4. The van der Waals surface area contributed by atoms with Gasteiger partial charge in [-0.25, -0.2) is 0 Å². The highest BCUT2D eigenvalue weighted by Gasteiger charge is 2.10. The lowest BCUT2D eigenvalue weighted by Crippen LogP contribution is -2.38. The Kier molecular flexibility index (Phi) is 7.67. The Hall–Kier alpha value is 0.610. The molecule has 0 heterocycles. The third kappa shape index (κ3) is 4.95. The number of hydrogen-bond acceptors (Lipinski definition) is 3. The first-order chi connectivity index (χ1) is 5.26. The fourth-order valence-electron chi connectivity index (χ4n) is 0.907. The molecule has 68 valence electrons. The zero-order chi connectivity index (χ0) is 8.69. The molecular formula is C7H16INO2. The van der Waals surface area contributed by atoms with E-state index in [1.165, 1.54) is 0 Å². The highest BCUT2D eigenvalue weighted by atomic mass is 127. The summed E-state index contributed by atoms with van der Waals surface area (Å²) in [4.78, 5) is 2.08. The molecule has 0 bridgehead atoms. The van der Waals surface area contributed by atoms with Crippen LogP contribution in [0, 0.1) is 0 Å². The predicted octanol–water partition coefficient (Wildman–Crippen LogP) is 0.0965. The second-order valence-corrected chi connectivity index (χ2v) is 3.37. The molecule has 2 N–H and O–H groups in total. The second kappa shape index (κ2) is 7.27. The maximum atomic E-state index is 8.68. The molecule has 0 aliphatic carbocycles. The van der Waals surface area contributed by atoms with Gasteiger partial charge in [-0.15, -0.1) is 0 Å². The molecule has 0 radical (unpaired) electrons. The highest BCUT2D eigenvalue weighted by Crippen LogP contribution is 2.01. The second-order valence-electron chi connectivity index (χ2n) is 2.49. The lowest BCUT2D eigenvalue weighted by atomic mass is 10.3. The molecule has 0 saturated carbocycles. The zero-order valence-corrected chi connectivity index (χ0v) is 8.99. The molecule has 11 heavy (non-hydrogen) atoms. The van der Waals surface area contributed by atoms with E-state index >= 15 is 0 Å². The van der Waals surface area contributed by atoms with Crippen molar-refractivity contribution in [2.45, 2.75) is 13.0 Å². The van der Waals surface area contributed by atoms with E-state index in [0.29, 0.717) is 19.1 Å². The Morgan fingerprint density at radius 2 is 1.73 bits per heavy atom. The summed E-state index contributed by atoms with van der Waals surface area (Å²) in [6, 6.07) is 0.440. The van der Waals surface area contributed by atoms with Crippen LogP contribution in [0.15, 0.2) is 0 Å². The first kappa shape index (κ1) is 11.6. The van der Waals surface area contributed by atoms with Crippen LogP contribution >= 0.6 is 22.6 Å². The number of nitrogens with zero attached hydrogens (tertiary/aromatic N) is 1. The van der Waals surface area contributed by atoms with Gasteiger partial charge in [0, 0.05) is 23.6 Å². The van der Waals surface area contributed by atoms with Crippen LogP contribution in [0.3, 0.4) is 0 Å². The van der Waals surface area contributed by atoms with E-state index in [1.54, 1.807) is 0 Å². The molecule has 1 atom stereocenters. The molecule has 0 spiro atoms. The minimum Gasteiger partial charge on any atom is -0.395 e. The van der Waals surface area contributed by atoms with Gasteiger partial charge in [-0.2, -0.15) is 0 Å². The summed E-state index contributed by atoms with van der Waals surface area (Å²) < 4.78 is 1.03. The topological polar surface area (TPSA) is 43.7 Å². The van der Waals surface area contributed by atoms with Crippen molar-refractivity contribution in [2.75, 3.05) is 30.7 Å². The average Bonchev–Trinajstić information content (AvgIpc) is 2.03. The standard InChI is InChI=1S/C7H16INO2/c1-7(6-8)9(2-4-10)3-5-11/h7,10-11H,2-6H2,1H3. The van der Waals surface area contributed by atoms with Crippen LogP contribution in [-0.4, -0.2) is 51.9 Å². The van der Waals surface area contributed by atoms with Crippen LogP contribution in [0.4, 0.5) is 0 Å². The van der Waals surface area contributed by atoms with Crippen molar-refractivity contribution in [3.05, 3.63) is 0 Å². The summed E-state index contributed by atoms with van der Waals surface area (Å²) >= 11 is 2.30. The number of halogens is 1. The smallest absolute Gasteiger partial charge is 0.0558 e. The van der Waals surface area contributed by atoms with Gasteiger partial charge in [-0.1, -0.05) is 22.6 Å². The van der Waals surface area contributed by atoms with Crippen LogP contribution < -0.4 is 0 Å². The van der Waals surface area contributed by atoms with Gasteiger partial charge in [0.25, 0.3) is 0 Å². The minimum atomic E-state index is 0.168. The van der Waals surface area contributed by atoms with Crippen LogP contribution in [0.1, 0.15) is 6.92 Å².